The van der Waals surface area contributed by atoms with Gasteiger partial charge < -0.3 is 10.4 Å². The lowest BCUT2D eigenvalue weighted by Crippen LogP contribution is -2.30. The molecule has 2 unspecified atom stereocenters. The minimum atomic E-state index is -0.882. The molecule has 1 aromatic heterocycles. The fraction of sp³-hybridized carbons (Fsp3) is 0.545. The van der Waals surface area contributed by atoms with Gasteiger partial charge in [-0.05, 0) is 25.5 Å². The van der Waals surface area contributed by atoms with Gasteiger partial charge in [-0.25, -0.2) is 4.79 Å². The number of hydrogen-bond acceptors (Lipinski definition) is 4. The van der Waals surface area contributed by atoms with E-state index in [0.717, 1.165) is 10.4 Å². The van der Waals surface area contributed by atoms with Crippen molar-refractivity contribution in [1.82, 2.24) is 5.32 Å². The summed E-state index contributed by atoms with van der Waals surface area (Å²) < 4.78 is 11.0. The first-order valence-corrected chi connectivity index (χ1v) is 7.80. The maximum absolute atomic E-state index is 11.0. The predicted molar refractivity (Wildman–Crippen MR) is 71.3 cm³/mol. The van der Waals surface area contributed by atoms with E-state index in [4.69, 9.17) is 5.11 Å². The van der Waals surface area contributed by atoms with Gasteiger partial charge in [0.05, 0.1) is 0 Å². The molecule has 1 rings (SSSR count). The third-order valence-electron chi connectivity index (χ3n) is 2.36. The largest absolute Gasteiger partial charge is 0.477 e. The minimum absolute atomic E-state index is 0.161. The van der Waals surface area contributed by atoms with Crippen LogP contribution >= 0.6 is 11.3 Å². The first kappa shape index (κ1) is 14.3. The van der Waals surface area contributed by atoms with E-state index in [-0.39, 0.29) is 6.04 Å². The second kappa shape index (κ2) is 6.28. The summed E-state index contributed by atoms with van der Waals surface area (Å²) in [5.74, 6) is -0.276. The van der Waals surface area contributed by atoms with E-state index in [1.165, 1.54) is 11.3 Å². The average Bonchev–Trinajstić information content (AvgIpc) is 2.56. The van der Waals surface area contributed by atoms with Gasteiger partial charge in [-0.3, -0.25) is 4.21 Å². The van der Waals surface area contributed by atoms with Crippen LogP contribution in [0.4, 0.5) is 0 Å². The van der Waals surface area contributed by atoms with Gasteiger partial charge >= 0.3 is 5.97 Å². The molecule has 0 saturated heterocycles. The number of nitrogens with one attached hydrogen (secondary N) is 1. The zero-order valence-corrected chi connectivity index (χ0v) is 11.8. The Morgan fingerprint density at radius 1 is 1.65 bits per heavy atom. The lowest BCUT2D eigenvalue weighted by atomic mass is 10.2. The van der Waals surface area contributed by atoms with Crippen LogP contribution in [0.25, 0.3) is 0 Å². The molecule has 0 radical (unpaired) electrons. The fourth-order valence-corrected chi connectivity index (χ4v) is 3.20. The van der Waals surface area contributed by atoms with Crippen molar-refractivity contribution in [2.24, 2.45) is 0 Å². The molecular formula is C11H17NO3S2. The van der Waals surface area contributed by atoms with Crippen LogP contribution in [0.5, 0.6) is 0 Å². The van der Waals surface area contributed by atoms with E-state index in [2.05, 4.69) is 5.32 Å². The molecule has 0 bridgehead atoms. The van der Waals surface area contributed by atoms with Crippen LogP contribution < -0.4 is 5.32 Å². The average molecular weight is 275 g/mol. The molecule has 0 aromatic carbocycles. The van der Waals surface area contributed by atoms with Gasteiger partial charge in [-0.2, -0.15) is 0 Å². The molecule has 0 saturated carbocycles. The van der Waals surface area contributed by atoms with Crippen LogP contribution in [0.3, 0.4) is 0 Å². The van der Waals surface area contributed by atoms with Crippen LogP contribution in [-0.4, -0.2) is 33.3 Å². The van der Waals surface area contributed by atoms with Crippen LogP contribution in [0.1, 0.15) is 27.0 Å². The summed E-state index contributed by atoms with van der Waals surface area (Å²) in [7, 11) is -0.815. The van der Waals surface area contributed by atoms with Gasteiger partial charge in [0.15, 0.2) is 0 Å². The van der Waals surface area contributed by atoms with Crippen molar-refractivity contribution < 1.29 is 14.1 Å². The second-order valence-corrected chi connectivity index (χ2v) is 6.76. The van der Waals surface area contributed by atoms with Gasteiger partial charge in [0, 0.05) is 40.3 Å². The summed E-state index contributed by atoms with van der Waals surface area (Å²) >= 11 is 1.29. The molecule has 4 nitrogen and oxygen atoms in total. The number of carboxylic acids is 1. The summed E-state index contributed by atoms with van der Waals surface area (Å²) in [4.78, 5) is 12.2. The summed E-state index contributed by atoms with van der Waals surface area (Å²) in [6.07, 6.45) is 1.68. The second-order valence-electron chi connectivity index (χ2n) is 4.02. The summed E-state index contributed by atoms with van der Waals surface area (Å²) in [5, 5.41) is 12.1. The molecule has 0 aliphatic carbocycles. The Hall–Kier alpha value is -0.720. The maximum Gasteiger partial charge on any atom is 0.345 e. The Morgan fingerprint density at radius 2 is 2.29 bits per heavy atom. The van der Waals surface area contributed by atoms with Gasteiger partial charge in [0.1, 0.15) is 4.88 Å². The van der Waals surface area contributed by atoms with Crippen molar-refractivity contribution in [2.75, 3.05) is 12.0 Å². The van der Waals surface area contributed by atoms with Crippen molar-refractivity contribution >= 4 is 28.1 Å². The lowest BCUT2D eigenvalue weighted by molar-refractivity contribution is 0.0702. The summed E-state index contributed by atoms with van der Waals surface area (Å²) in [6.45, 7) is 4.51. The van der Waals surface area contributed by atoms with Gasteiger partial charge in [-0.15, -0.1) is 11.3 Å². The highest BCUT2D eigenvalue weighted by molar-refractivity contribution is 7.84. The Kier molecular flexibility index (Phi) is 5.30. The lowest BCUT2D eigenvalue weighted by Gasteiger charge is -2.11. The van der Waals surface area contributed by atoms with Gasteiger partial charge in [-0.1, -0.05) is 0 Å². The molecule has 6 heteroatoms. The minimum Gasteiger partial charge on any atom is -0.477 e. The van der Waals surface area contributed by atoms with E-state index in [9.17, 15) is 9.00 Å². The molecule has 2 atom stereocenters. The number of thiophene rings is 1. The van der Waals surface area contributed by atoms with E-state index in [1.807, 2.05) is 13.8 Å². The topological polar surface area (TPSA) is 66.4 Å². The van der Waals surface area contributed by atoms with Gasteiger partial charge in [0.2, 0.25) is 0 Å². The molecular weight excluding hydrogens is 258 g/mol. The zero-order chi connectivity index (χ0) is 13.0. The number of carbonyl (C=O) groups is 1. The SMILES string of the molecule is Cc1sc(C(=O)O)cc1CNC(C)CS(C)=O. The van der Waals surface area contributed by atoms with Crippen LogP contribution in [0.2, 0.25) is 0 Å². The third-order valence-corrected chi connectivity index (χ3v) is 4.41. The molecule has 0 amide bonds. The zero-order valence-electron chi connectivity index (χ0n) is 10.1. The highest BCUT2D eigenvalue weighted by Crippen LogP contribution is 2.21. The molecule has 17 heavy (non-hydrogen) atoms. The highest BCUT2D eigenvalue weighted by Gasteiger charge is 2.11. The highest BCUT2D eigenvalue weighted by atomic mass is 32.2. The first-order valence-electron chi connectivity index (χ1n) is 5.26. The Morgan fingerprint density at radius 3 is 2.76 bits per heavy atom. The fourth-order valence-electron chi connectivity index (χ4n) is 1.50. The van der Waals surface area contributed by atoms with Crippen molar-refractivity contribution in [1.29, 1.82) is 0 Å². The standard InChI is InChI=1S/C11H17NO3S2/c1-7(6-17(3)15)12-5-9-4-10(11(13)14)16-8(9)2/h4,7,12H,5-6H2,1-3H3,(H,13,14). The summed E-state index contributed by atoms with van der Waals surface area (Å²) in [5.41, 5.74) is 1.00. The molecule has 1 heterocycles. The maximum atomic E-state index is 11.0. The molecule has 1 aromatic rings. The molecule has 96 valence electrons. The quantitative estimate of drug-likeness (QED) is 0.828. The number of carboxylic acid groups (broad SMARTS) is 1. The molecule has 2 N–H and O–H groups in total. The molecule has 0 spiro atoms. The molecule has 0 aliphatic heterocycles. The van der Waals surface area contributed by atoms with Crippen LogP contribution in [0, 0.1) is 6.92 Å². The molecule has 0 fully saturated rings. The number of aromatic carboxylic acids is 1. The number of aryl methyl sites for hydroxylation is 1. The Labute approximate surface area is 108 Å². The first-order chi connectivity index (χ1) is 7.90. The van der Waals surface area contributed by atoms with E-state index in [0.29, 0.717) is 17.2 Å². The Balaban J connectivity index is 2.57. The van der Waals surface area contributed by atoms with Crippen molar-refractivity contribution in [3.05, 3.63) is 21.4 Å². The van der Waals surface area contributed by atoms with Crippen LogP contribution in [0.15, 0.2) is 6.07 Å². The van der Waals surface area contributed by atoms with E-state index in [1.54, 1.807) is 12.3 Å². The number of rotatable bonds is 6. The number of hydrogen-bond donors (Lipinski definition) is 2. The van der Waals surface area contributed by atoms with Crippen molar-refractivity contribution in [2.45, 2.75) is 26.4 Å². The van der Waals surface area contributed by atoms with E-state index >= 15 is 0 Å². The Bertz CT molecular complexity index is 428. The third kappa shape index (κ3) is 4.57. The summed E-state index contributed by atoms with van der Waals surface area (Å²) in [6, 6.07) is 1.86. The van der Waals surface area contributed by atoms with E-state index < -0.39 is 16.8 Å². The van der Waals surface area contributed by atoms with Crippen molar-refractivity contribution in [3.8, 4) is 0 Å². The predicted octanol–water partition coefficient (Wildman–Crippen LogP) is 1.61. The normalized spacial score (nSPS) is 14.5. The van der Waals surface area contributed by atoms with Crippen molar-refractivity contribution in [3.63, 3.8) is 0 Å². The van der Waals surface area contributed by atoms with Gasteiger partial charge in [0.25, 0.3) is 0 Å². The smallest absolute Gasteiger partial charge is 0.345 e. The molecule has 0 aliphatic rings. The monoisotopic (exact) mass is 275 g/mol. The van der Waals surface area contributed by atoms with Crippen LogP contribution in [-0.2, 0) is 17.3 Å².